The Morgan fingerprint density at radius 1 is 1.35 bits per heavy atom. The van der Waals surface area contributed by atoms with Gasteiger partial charge in [0, 0.05) is 10.9 Å². The fraction of sp³-hybridized carbons (Fsp3) is 0.364. The van der Waals surface area contributed by atoms with Crippen LogP contribution in [-0.4, -0.2) is 15.0 Å². The highest BCUT2D eigenvalue weighted by Crippen LogP contribution is 2.26. The van der Waals surface area contributed by atoms with Gasteiger partial charge in [-0.1, -0.05) is 0 Å². The minimum atomic E-state index is 0.162. The molecule has 2 heterocycles. The fourth-order valence-electron chi connectivity index (χ4n) is 1.69. The number of aromatic nitrogens is 3. The number of aryl methyl sites for hydroxylation is 2. The second-order valence-corrected chi connectivity index (χ2v) is 5.11. The van der Waals surface area contributed by atoms with Crippen molar-refractivity contribution in [2.75, 3.05) is 11.1 Å². The quantitative estimate of drug-likeness (QED) is 0.872. The van der Waals surface area contributed by atoms with Crippen LogP contribution < -0.4 is 11.1 Å². The van der Waals surface area contributed by atoms with Gasteiger partial charge in [0.15, 0.2) is 0 Å². The van der Waals surface area contributed by atoms with Crippen LogP contribution in [0.5, 0.6) is 0 Å². The van der Waals surface area contributed by atoms with E-state index in [0.717, 1.165) is 16.5 Å². The van der Waals surface area contributed by atoms with Crippen LogP contribution in [0.1, 0.15) is 28.5 Å². The van der Waals surface area contributed by atoms with Crippen molar-refractivity contribution in [3.63, 3.8) is 0 Å². The molecule has 0 aromatic carbocycles. The van der Waals surface area contributed by atoms with Crippen LogP contribution in [-0.2, 0) is 0 Å². The van der Waals surface area contributed by atoms with E-state index < -0.39 is 0 Å². The molecule has 2 aromatic rings. The first kappa shape index (κ1) is 11.8. The number of nitrogen functional groups attached to an aromatic ring is 1. The smallest absolute Gasteiger partial charge is 0.131 e. The van der Waals surface area contributed by atoms with Crippen molar-refractivity contribution in [1.82, 2.24) is 15.0 Å². The lowest BCUT2D eigenvalue weighted by molar-refractivity contribution is 0.877. The summed E-state index contributed by atoms with van der Waals surface area (Å²) in [5, 5.41) is 4.37. The van der Waals surface area contributed by atoms with Crippen molar-refractivity contribution in [2.24, 2.45) is 0 Å². The zero-order valence-electron chi connectivity index (χ0n) is 10.1. The van der Waals surface area contributed by atoms with E-state index in [0.29, 0.717) is 5.82 Å². The number of thiazole rings is 1. The standard InChI is InChI=1S/C11H15N5S/c1-6-11(17-8(3)15-6)7(2)16-10-4-9(12)13-5-14-10/h4-5,7H,1-3H3,(H3,12,13,14,16). The van der Waals surface area contributed by atoms with Crippen LogP contribution in [0.25, 0.3) is 0 Å². The predicted molar refractivity (Wildman–Crippen MR) is 70.1 cm³/mol. The van der Waals surface area contributed by atoms with Crippen molar-refractivity contribution in [3.05, 3.63) is 28.0 Å². The molecule has 0 aliphatic heterocycles. The number of anilines is 2. The number of hydrogen-bond acceptors (Lipinski definition) is 6. The van der Waals surface area contributed by atoms with E-state index in [-0.39, 0.29) is 6.04 Å². The lowest BCUT2D eigenvalue weighted by Crippen LogP contribution is -2.08. The molecule has 0 amide bonds. The van der Waals surface area contributed by atoms with E-state index in [2.05, 4.69) is 27.2 Å². The lowest BCUT2D eigenvalue weighted by atomic mass is 10.2. The van der Waals surface area contributed by atoms with E-state index in [1.54, 1.807) is 17.4 Å². The molecule has 3 N–H and O–H groups in total. The van der Waals surface area contributed by atoms with Crippen molar-refractivity contribution >= 4 is 23.0 Å². The van der Waals surface area contributed by atoms with E-state index in [9.17, 15) is 0 Å². The molecule has 0 saturated heterocycles. The van der Waals surface area contributed by atoms with Crippen LogP contribution in [0.3, 0.4) is 0 Å². The minimum absolute atomic E-state index is 0.162. The van der Waals surface area contributed by atoms with Gasteiger partial charge in [-0.25, -0.2) is 15.0 Å². The van der Waals surface area contributed by atoms with Gasteiger partial charge >= 0.3 is 0 Å². The SMILES string of the molecule is Cc1nc(C)c(C(C)Nc2cc(N)ncn2)s1. The summed E-state index contributed by atoms with van der Waals surface area (Å²) in [7, 11) is 0. The second kappa shape index (κ2) is 4.67. The van der Waals surface area contributed by atoms with Gasteiger partial charge in [0.05, 0.1) is 16.7 Å². The summed E-state index contributed by atoms with van der Waals surface area (Å²) in [6, 6.07) is 1.88. The number of rotatable bonds is 3. The summed E-state index contributed by atoms with van der Waals surface area (Å²) in [5.74, 6) is 1.20. The summed E-state index contributed by atoms with van der Waals surface area (Å²) in [6.45, 7) is 6.11. The topological polar surface area (TPSA) is 76.7 Å². The Labute approximate surface area is 104 Å². The van der Waals surface area contributed by atoms with Gasteiger partial charge in [0.2, 0.25) is 0 Å². The molecule has 0 spiro atoms. The second-order valence-electron chi connectivity index (χ2n) is 3.88. The van der Waals surface area contributed by atoms with Crippen LogP contribution in [0.15, 0.2) is 12.4 Å². The molecule has 0 bridgehead atoms. The maximum atomic E-state index is 5.61. The highest BCUT2D eigenvalue weighted by Gasteiger charge is 2.13. The Kier molecular flexibility index (Phi) is 3.23. The molecular formula is C11H15N5S. The van der Waals surface area contributed by atoms with E-state index in [1.807, 2.05) is 13.8 Å². The molecule has 0 saturated carbocycles. The van der Waals surface area contributed by atoms with Gasteiger partial charge < -0.3 is 11.1 Å². The maximum Gasteiger partial charge on any atom is 0.131 e. The van der Waals surface area contributed by atoms with Gasteiger partial charge in [-0.05, 0) is 20.8 Å². The van der Waals surface area contributed by atoms with Crippen LogP contribution >= 0.6 is 11.3 Å². The van der Waals surface area contributed by atoms with Crippen molar-refractivity contribution in [2.45, 2.75) is 26.8 Å². The molecule has 2 rings (SSSR count). The van der Waals surface area contributed by atoms with E-state index in [4.69, 9.17) is 5.73 Å². The average molecular weight is 249 g/mol. The Morgan fingerprint density at radius 3 is 2.71 bits per heavy atom. The van der Waals surface area contributed by atoms with Gasteiger partial charge in [-0.15, -0.1) is 11.3 Å². The number of nitrogens with two attached hydrogens (primary N) is 1. The average Bonchev–Trinajstić information content (AvgIpc) is 2.58. The zero-order valence-corrected chi connectivity index (χ0v) is 10.9. The molecule has 0 radical (unpaired) electrons. The van der Waals surface area contributed by atoms with Crippen LogP contribution in [0.4, 0.5) is 11.6 Å². The molecule has 1 atom stereocenters. The first-order valence-electron chi connectivity index (χ1n) is 5.34. The molecule has 17 heavy (non-hydrogen) atoms. The Hall–Kier alpha value is -1.69. The monoisotopic (exact) mass is 249 g/mol. The Balaban J connectivity index is 2.16. The van der Waals surface area contributed by atoms with Crippen LogP contribution in [0, 0.1) is 13.8 Å². The molecule has 0 aliphatic rings. The first-order chi connectivity index (χ1) is 8.06. The fourth-order valence-corrected chi connectivity index (χ4v) is 2.62. The first-order valence-corrected chi connectivity index (χ1v) is 6.16. The predicted octanol–water partition coefficient (Wildman–Crippen LogP) is 2.31. The zero-order chi connectivity index (χ0) is 12.4. The number of hydrogen-bond donors (Lipinski definition) is 2. The number of nitrogens with one attached hydrogen (secondary N) is 1. The summed E-state index contributed by atoms with van der Waals surface area (Å²) < 4.78 is 0. The number of nitrogens with zero attached hydrogens (tertiary/aromatic N) is 3. The highest BCUT2D eigenvalue weighted by molar-refractivity contribution is 7.11. The Morgan fingerprint density at radius 2 is 2.12 bits per heavy atom. The van der Waals surface area contributed by atoms with Gasteiger partial charge in [0.1, 0.15) is 18.0 Å². The molecule has 5 nitrogen and oxygen atoms in total. The Bertz CT molecular complexity index is 522. The molecule has 0 fully saturated rings. The molecule has 90 valence electrons. The summed E-state index contributed by atoms with van der Waals surface area (Å²) in [6.07, 6.45) is 1.45. The molecule has 0 aliphatic carbocycles. The van der Waals surface area contributed by atoms with E-state index >= 15 is 0 Å². The highest BCUT2D eigenvalue weighted by atomic mass is 32.1. The lowest BCUT2D eigenvalue weighted by Gasteiger charge is -2.13. The summed E-state index contributed by atoms with van der Waals surface area (Å²) in [5.41, 5.74) is 6.67. The minimum Gasteiger partial charge on any atom is -0.384 e. The normalized spacial score (nSPS) is 12.4. The van der Waals surface area contributed by atoms with Gasteiger partial charge in [0.25, 0.3) is 0 Å². The van der Waals surface area contributed by atoms with E-state index in [1.165, 1.54) is 11.2 Å². The molecule has 2 aromatic heterocycles. The molecular weight excluding hydrogens is 234 g/mol. The van der Waals surface area contributed by atoms with Crippen molar-refractivity contribution < 1.29 is 0 Å². The summed E-state index contributed by atoms with van der Waals surface area (Å²) >= 11 is 1.70. The van der Waals surface area contributed by atoms with Gasteiger partial charge in [-0.2, -0.15) is 0 Å². The molecule has 1 unspecified atom stereocenters. The van der Waals surface area contributed by atoms with Crippen LogP contribution in [0.2, 0.25) is 0 Å². The summed E-state index contributed by atoms with van der Waals surface area (Å²) in [4.78, 5) is 13.6. The van der Waals surface area contributed by atoms with Crippen molar-refractivity contribution in [1.29, 1.82) is 0 Å². The molecule has 6 heteroatoms. The van der Waals surface area contributed by atoms with Gasteiger partial charge in [-0.3, -0.25) is 0 Å². The largest absolute Gasteiger partial charge is 0.384 e. The third-order valence-corrected chi connectivity index (χ3v) is 3.64. The van der Waals surface area contributed by atoms with Crippen molar-refractivity contribution in [3.8, 4) is 0 Å². The third kappa shape index (κ3) is 2.71. The third-order valence-electron chi connectivity index (χ3n) is 2.39. The maximum absolute atomic E-state index is 5.61.